The van der Waals surface area contributed by atoms with Crippen LogP contribution in [0, 0.1) is 0 Å². The van der Waals surface area contributed by atoms with Gasteiger partial charge in [0.25, 0.3) is 0 Å². The van der Waals surface area contributed by atoms with Crippen LogP contribution in [0.2, 0.25) is 0 Å². The summed E-state index contributed by atoms with van der Waals surface area (Å²) < 4.78 is 5.45. The van der Waals surface area contributed by atoms with Gasteiger partial charge in [-0.3, -0.25) is 4.79 Å². The molecule has 0 saturated heterocycles. The molecule has 0 aromatic heterocycles. The number of ether oxygens (including phenoxy) is 1. The summed E-state index contributed by atoms with van der Waals surface area (Å²) >= 11 is 0. The molecule has 0 unspecified atom stereocenters. The van der Waals surface area contributed by atoms with E-state index >= 15 is 0 Å². The Bertz CT molecular complexity index is 686. The van der Waals surface area contributed by atoms with Crippen LogP contribution in [0.5, 0.6) is 0 Å². The van der Waals surface area contributed by atoms with Crippen molar-refractivity contribution in [3.05, 3.63) is 58.7 Å². The number of carbonyl (C=O) groups is 1. The molecule has 4 rings (SSSR count). The third-order valence-electron chi connectivity index (χ3n) is 4.08. The Balaban J connectivity index is 1.79. The van der Waals surface area contributed by atoms with Gasteiger partial charge in [-0.05, 0) is 40.3 Å². The molecular weight excluding hydrogens is 236 g/mol. The SMILES string of the molecule is O=C1CCc2cc(-c3ccc4c(c3)COC4)ccc21. The zero-order valence-electron chi connectivity index (χ0n) is 10.6. The fourth-order valence-electron chi connectivity index (χ4n) is 2.99. The second-order valence-corrected chi connectivity index (χ2v) is 5.27. The molecule has 1 heterocycles. The number of Topliss-reactive ketones (excluding diaryl/α,β-unsaturated/α-hetero) is 1. The molecule has 0 amide bonds. The average molecular weight is 250 g/mol. The number of fused-ring (bicyclic) bond motifs is 2. The lowest BCUT2D eigenvalue weighted by Crippen LogP contribution is -1.91. The quantitative estimate of drug-likeness (QED) is 0.774. The topological polar surface area (TPSA) is 26.3 Å². The molecule has 2 aromatic rings. The van der Waals surface area contributed by atoms with Crippen LogP contribution in [-0.2, 0) is 24.4 Å². The summed E-state index contributed by atoms with van der Waals surface area (Å²) in [5.74, 6) is 0.281. The molecule has 2 nitrogen and oxygen atoms in total. The first-order chi connectivity index (χ1) is 9.31. The van der Waals surface area contributed by atoms with Crippen LogP contribution in [0.3, 0.4) is 0 Å². The summed E-state index contributed by atoms with van der Waals surface area (Å²) in [7, 11) is 0. The van der Waals surface area contributed by atoms with Gasteiger partial charge < -0.3 is 4.74 Å². The van der Waals surface area contributed by atoms with Crippen LogP contribution in [-0.4, -0.2) is 5.78 Å². The van der Waals surface area contributed by atoms with E-state index in [1.807, 2.05) is 6.07 Å². The highest BCUT2D eigenvalue weighted by Crippen LogP contribution is 2.30. The van der Waals surface area contributed by atoms with Crippen molar-refractivity contribution in [1.82, 2.24) is 0 Å². The standard InChI is InChI=1S/C17H14O2/c18-17-6-4-13-7-12(3-5-16(13)17)11-1-2-14-9-19-10-15(14)8-11/h1-3,5,7-8H,4,6,9-10H2. The van der Waals surface area contributed by atoms with E-state index in [1.165, 1.54) is 27.8 Å². The molecule has 2 heteroatoms. The largest absolute Gasteiger partial charge is 0.372 e. The van der Waals surface area contributed by atoms with Crippen LogP contribution in [0.4, 0.5) is 0 Å². The van der Waals surface area contributed by atoms with Crippen LogP contribution >= 0.6 is 0 Å². The van der Waals surface area contributed by atoms with Crippen molar-refractivity contribution < 1.29 is 9.53 Å². The normalized spacial score (nSPS) is 16.5. The van der Waals surface area contributed by atoms with Crippen molar-refractivity contribution in [2.24, 2.45) is 0 Å². The summed E-state index contributed by atoms with van der Waals surface area (Å²) in [6.45, 7) is 1.45. The van der Waals surface area contributed by atoms with Gasteiger partial charge in [0.05, 0.1) is 13.2 Å². The summed E-state index contributed by atoms with van der Waals surface area (Å²) in [6, 6.07) is 12.7. The molecular formula is C17H14O2. The number of benzene rings is 2. The van der Waals surface area contributed by atoms with Crippen LogP contribution in [0.1, 0.15) is 33.5 Å². The molecule has 0 saturated carbocycles. The van der Waals surface area contributed by atoms with Crippen molar-refractivity contribution in [3.8, 4) is 11.1 Å². The summed E-state index contributed by atoms with van der Waals surface area (Å²) in [5, 5.41) is 0. The first-order valence-electron chi connectivity index (χ1n) is 6.67. The van der Waals surface area contributed by atoms with Crippen molar-refractivity contribution in [3.63, 3.8) is 0 Å². The molecule has 0 N–H and O–H groups in total. The van der Waals surface area contributed by atoms with Crippen molar-refractivity contribution >= 4 is 5.78 Å². The zero-order chi connectivity index (χ0) is 12.8. The molecule has 94 valence electrons. The van der Waals surface area contributed by atoms with Crippen molar-refractivity contribution in [2.45, 2.75) is 26.1 Å². The van der Waals surface area contributed by atoms with Crippen LogP contribution in [0.25, 0.3) is 11.1 Å². The van der Waals surface area contributed by atoms with E-state index in [0.29, 0.717) is 13.0 Å². The van der Waals surface area contributed by atoms with Gasteiger partial charge in [-0.1, -0.05) is 30.3 Å². The molecule has 2 aromatic carbocycles. The Morgan fingerprint density at radius 3 is 2.42 bits per heavy atom. The second-order valence-electron chi connectivity index (χ2n) is 5.27. The average Bonchev–Trinajstić information content (AvgIpc) is 3.04. The molecule has 1 aliphatic heterocycles. The minimum Gasteiger partial charge on any atom is -0.372 e. The van der Waals surface area contributed by atoms with Crippen LogP contribution in [0.15, 0.2) is 36.4 Å². The highest BCUT2D eigenvalue weighted by atomic mass is 16.5. The minimum absolute atomic E-state index is 0.281. The Morgan fingerprint density at radius 1 is 0.789 bits per heavy atom. The molecule has 0 atom stereocenters. The maximum absolute atomic E-state index is 11.7. The number of hydrogen-bond acceptors (Lipinski definition) is 2. The van der Waals surface area contributed by atoms with Crippen molar-refractivity contribution in [1.29, 1.82) is 0 Å². The molecule has 0 fully saturated rings. The Kier molecular flexibility index (Phi) is 2.32. The third kappa shape index (κ3) is 1.71. The zero-order valence-corrected chi connectivity index (χ0v) is 10.6. The second kappa shape index (κ2) is 4.04. The molecule has 0 radical (unpaired) electrons. The predicted molar refractivity (Wildman–Crippen MR) is 73.0 cm³/mol. The van der Waals surface area contributed by atoms with Crippen molar-refractivity contribution in [2.75, 3.05) is 0 Å². The molecule has 19 heavy (non-hydrogen) atoms. The van der Waals surface area contributed by atoms with Gasteiger partial charge in [0.2, 0.25) is 0 Å². The van der Waals surface area contributed by atoms with E-state index in [2.05, 4.69) is 30.3 Å². The molecule has 0 spiro atoms. The van der Waals surface area contributed by atoms with E-state index in [0.717, 1.165) is 18.6 Å². The van der Waals surface area contributed by atoms with Gasteiger partial charge in [-0.15, -0.1) is 0 Å². The number of rotatable bonds is 1. The molecule has 0 bridgehead atoms. The smallest absolute Gasteiger partial charge is 0.163 e. The van der Waals surface area contributed by atoms with Gasteiger partial charge in [0, 0.05) is 12.0 Å². The summed E-state index contributed by atoms with van der Waals surface area (Å²) in [5.41, 5.74) is 7.09. The molecule has 2 aliphatic rings. The fourth-order valence-corrected chi connectivity index (χ4v) is 2.99. The van der Waals surface area contributed by atoms with Gasteiger partial charge in [0.1, 0.15) is 0 Å². The first-order valence-corrected chi connectivity index (χ1v) is 6.67. The number of ketones is 1. The Hall–Kier alpha value is -1.93. The molecule has 1 aliphatic carbocycles. The van der Waals surface area contributed by atoms with E-state index in [-0.39, 0.29) is 5.78 Å². The van der Waals surface area contributed by atoms with Gasteiger partial charge in [-0.25, -0.2) is 0 Å². The highest BCUT2D eigenvalue weighted by molar-refractivity contribution is 6.00. The summed E-state index contributed by atoms with van der Waals surface area (Å²) in [4.78, 5) is 11.7. The van der Waals surface area contributed by atoms with E-state index in [1.54, 1.807) is 0 Å². The van der Waals surface area contributed by atoms with Crippen LogP contribution < -0.4 is 0 Å². The maximum atomic E-state index is 11.7. The maximum Gasteiger partial charge on any atom is 0.163 e. The first kappa shape index (κ1) is 10.9. The lowest BCUT2D eigenvalue weighted by molar-refractivity contribution is 0.0994. The van der Waals surface area contributed by atoms with Gasteiger partial charge >= 0.3 is 0 Å². The van der Waals surface area contributed by atoms with Gasteiger partial charge in [-0.2, -0.15) is 0 Å². The Labute approximate surface area is 112 Å². The van der Waals surface area contributed by atoms with E-state index < -0.39 is 0 Å². The number of aryl methyl sites for hydroxylation is 1. The monoisotopic (exact) mass is 250 g/mol. The van der Waals surface area contributed by atoms with E-state index in [9.17, 15) is 4.79 Å². The summed E-state index contributed by atoms with van der Waals surface area (Å²) in [6.07, 6.45) is 1.55. The highest BCUT2D eigenvalue weighted by Gasteiger charge is 2.20. The minimum atomic E-state index is 0.281. The predicted octanol–water partition coefficient (Wildman–Crippen LogP) is 3.51. The lowest BCUT2D eigenvalue weighted by atomic mass is 9.97. The van der Waals surface area contributed by atoms with Gasteiger partial charge in [0.15, 0.2) is 5.78 Å². The third-order valence-corrected chi connectivity index (χ3v) is 4.08. The Morgan fingerprint density at radius 2 is 1.53 bits per heavy atom. The number of carbonyl (C=O) groups excluding carboxylic acids is 1. The fraction of sp³-hybridized carbons (Fsp3) is 0.235. The van der Waals surface area contributed by atoms with E-state index in [4.69, 9.17) is 4.74 Å². The lowest BCUT2D eigenvalue weighted by Gasteiger charge is -2.06. The number of hydrogen-bond donors (Lipinski definition) is 0.